The first-order valence-corrected chi connectivity index (χ1v) is 12.2. The minimum atomic E-state index is -0.478. The number of nitrogens with zero attached hydrogens (tertiary/aromatic N) is 1. The van der Waals surface area contributed by atoms with Gasteiger partial charge in [0.05, 0.1) is 35.0 Å². The van der Waals surface area contributed by atoms with Gasteiger partial charge in [-0.1, -0.05) is 48.5 Å². The van der Waals surface area contributed by atoms with Crippen molar-refractivity contribution in [2.45, 2.75) is 39.3 Å². The summed E-state index contributed by atoms with van der Waals surface area (Å²) in [7, 11) is 0. The number of anilines is 2. The molecule has 1 aliphatic rings. The summed E-state index contributed by atoms with van der Waals surface area (Å²) < 4.78 is 5.33. The van der Waals surface area contributed by atoms with Gasteiger partial charge in [0.25, 0.3) is 5.91 Å². The molecule has 1 aliphatic heterocycles. The van der Waals surface area contributed by atoms with Crippen molar-refractivity contribution in [2.24, 2.45) is 0 Å². The average molecular weight is 495 g/mol. The second-order valence-corrected chi connectivity index (χ2v) is 9.78. The lowest BCUT2D eigenvalue weighted by atomic mass is 9.99. The quantitative estimate of drug-likeness (QED) is 0.223. The predicted molar refractivity (Wildman–Crippen MR) is 145 cm³/mol. The molecular formula is C30H30N4O3. The highest BCUT2D eigenvalue weighted by Crippen LogP contribution is 2.38. The standard InChI is InChI=1S/C30H30N4O3/c1-30(2,3)37-26(35)15-16-32-19-20-9-12-23(13-10-20)33-28(22-7-5-4-6-8-22)27-24-14-11-21(18-31)17-25(24)34-29(27)36/h4-14,17,32-33H,15-16,19H2,1-3H3,(H,34,36)/b28-27-. The Morgan fingerprint density at radius 3 is 2.43 bits per heavy atom. The molecule has 3 N–H and O–H groups in total. The number of benzene rings is 3. The molecule has 0 fully saturated rings. The number of nitrogens with one attached hydrogen (secondary N) is 3. The molecule has 0 unspecified atom stereocenters. The van der Waals surface area contributed by atoms with Crippen molar-refractivity contribution in [3.63, 3.8) is 0 Å². The molecule has 3 aromatic carbocycles. The first-order valence-electron chi connectivity index (χ1n) is 12.2. The van der Waals surface area contributed by atoms with E-state index in [-0.39, 0.29) is 11.9 Å². The van der Waals surface area contributed by atoms with Gasteiger partial charge in [-0.05, 0) is 56.2 Å². The summed E-state index contributed by atoms with van der Waals surface area (Å²) in [6, 6.07) is 24.9. The summed E-state index contributed by atoms with van der Waals surface area (Å²) in [5.74, 6) is -0.440. The number of rotatable bonds is 8. The van der Waals surface area contributed by atoms with Crippen molar-refractivity contribution in [1.82, 2.24) is 5.32 Å². The predicted octanol–water partition coefficient (Wildman–Crippen LogP) is 5.31. The Kier molecular flexibility index (Phi) is 7.71. The molecule has 1 amide bonds. The fourth-order valence-electron chi connectivity index (χ4n) is 4.04. The maximum Gasteiger partial charge on any atom is 0.307 e. The second-order valence-electron chi connectivity index (χ2n) is 9.78. The van der Waals surface area contributed by atoms with E-state index in [0.29, 0.717) is 42.0 Å². The van der Waals surface area contributed by atoms with Crippen LogP contribution in [0.25, 0.3) is 11.3 Å². The third-order valence-corrected chi connectivity index (χ3v) is 5.68. The summed E-state index contributed by atoms with van der Waals surface area (Å²) in [4.78, 5) is 24.9. The van der Waals surface area contributed by atoms with E-state index in [1.54, 1.807) is 18.2 Å². The van der Waals surface area contributed by atoms with Crippen LogP contribution in [0.15, 0.2) is 72.8 Å². The van der Waals surface area contributed by atoms with Gasteiger partial charge < -0.3 is 20.7 Å². The van der Waals surface area contributed by atoms with Gasteiger partial charge in [-0.25, -0.2) is 0 Å². The zero-order chi connectivity index (χ0) is 26.4. The Morgan fingerprint density at radius 1 is 1.03 bits per heavy atom. The van der Waals surface area contributed by atoms with E-state index in [9.17, 15) is 14.9 Å². The summed E-state index contributed by atoms with van der Waals surface area (Å²) in [5, 5.41) is 18.8. The molecule has 0 radical (unpaired) electrons. The van der Waals surface area contributed by atoms with Crippen LogP contribution in [-0.4, -0.2) is 24.0 Å². The zero-order valence-corrected chi connectivity index (χ0v) is 21.2. The van der Waals surface area contributed by atoms with Crippen molar-refractivity contribution in [3.8, 4) is 6.07 Å². The third kappa shape index (κ3) is 6.63. The van der Waals surface area contributed by atoms with Gasteiger partial charge in [0, 0.05) is 24.3 Å². The molecule has 0 aromatic heterocycles. The highest BCUT2D eigenvalue weighted by Gasteiger charge is 2.28. The molecule has 0 atom stereocenters. The summed E-state index contributed by atoms with van der Waals surface area (Å²) in [6.45, 7) is 6.72. The van der Waals surface area contributed by atoms with Crippen LogP contribution in [-0.2, 0) is 20.9 Å². The van der Waals surface area contributed by atoms with Gasteiger partial charge in [0.2, 0.25) is 0 Å². The maximum atomic E-state index is 13.0. The number of hydrogen-bond acceptors (Lipinski definition) is 6. The number of hydrogen-bond donors (Lipinski definition) is 3. The van der Waals surface area contributed by atoms with Gasteiger partial charge in [-0.3, -0.25) is 9.59 Å². The normalized spacial score (nSPS) is 13.8. The van der Waals surface area contributed by atoms with Gasteiger partial charge in [0.1, 0.15) is 5.60 Å². The Labute approximate surface area is 217 Å². The van der Waals surface area contributed by atoms with Gasteiger partial charge >= 0.3 is 5.97 Å². The Balaban J connectivity index is 1.50. The lowest BCUT2D eigenvalue weighted by Crippen LogP contribution is -2.26. The summed E-state index contributed by atoms with van der Waals surface area (Å²) >= 11 is 0. The first-order chi connectivity index (χ1) is 17.7. The second kappa shape index (κ2) is 11.1. The number of esters is 1. The highest BCUT2D eigenvalue weighted by molar-refractivity contribution is 6.37. The van der Waals surface area contributed by atoms with Crippen LogP contribution < -0.4 is 16.0 Å². The van der Waals surface area contributed by atoms with Gasteiger partial charge in [-0.15, -0.1) is 0 Å². The monoisotopic (exact) mass is 494 g/mol. The molecule has 0 spiro atoms. The maximum absolute atomic E-state index is 13.0. The molecule has 7 nitrogen and oxygen atoms in total. The Bertz CT molecular complexity index is 1360. The topological polar surface area (TPSA) is 103 Å². The molecule has 0 saturated carbocycles. The molecule has 188 valence electrons. The van der Waals surface area contributed by atoms with Crippen molar-refractivity contribution in [3.05, 3.63) is 95.1 Å². The van der Waals surface area contributed by atoms with Crippen LogP contribution in [0.4, 0.5) is 11.4 Å². The van der Waals surface area contributed by atoms with Crippen molar-refractivity contribution >= 4 is 34.5 Å². The van der Waals surface area contributed by atoms with E-state index in [2.05, 4.69) is 22.0 Å². The van der Waals surface area contributed by atoms with E-state index in [1.807, 2.05) is 75.4 Å². The number of fused-ring (bicyclic) bond motifs is 1. The van der Waals surface area contributed by atoms with Gasteiger partial charge in [-0.2, -0.15) is 5.26 Å². The molecule has 3 aromatic rings. The molecule has 4 rings (SSSR count). The van der Waals surface area contributed by atoms with Crippen LogP contribution >= 0.6 is 0 Å². The van der Waals surface area contributed by atoms with E-state index in [1.165, 1.54) is 0 Å². The fraction of sp³-hybridized carbons (Fsp3) is 0.233. The molecule has 0 bridgehead atoms. The number of carbonyl (C=O) groups excluding carboxylic acids is 2. The van der Waals surface area contributed by atoms with Crippen LogP contribution in [0.2, 0.25) is 0 Å². The minimum Gasteiger partial charge on any atom is -0.460 e. The highest BCUT2D eigenvalue weighted by atomic mass is 16.6. The molecule has 1 heterocycles. The van der Waals surface area contributed by atoms with Crippen molar-refractivity contribution in [2.75, 3.05) is 17.2 Å². The molecule has 37 heavy (non-hydrogen) atoms. The van der Waals surface area contributed by atoms with Crippen molar-refractivity contribution in [1.29, 1.82) is 5.26 Å². The molecule has 0 aliphatic carbocycles. The molecule has 0 saturated heterocycles. The van der Waals surface area contributed by atoms with Gasteiger partial charge in [0.15, 0.2) is 0 Å². The fourth-order valence-corrected chi connectivity index (χ4v) is 4.04. The van der Waals surface area contributed by atoms with E-state index >= 15 is 0 Å². The van der Waals surface area contributed by atoms with E-state index in [0.717, 1.165) is 22.4 Å². The minimum absolute atomic E-state index is 0.220. The number of carbonyl (C=O) groups is 2. The van der Waals surface area contributed by atoms with E-state index in [4.69, 9.17) is 4.74 Å². The Morgan fingerprint density at radius 2 is 1.76 bits per heavy atom. The lowest BCUT2D eigenvalue weighted by molar-refractivity contribution is -0.154. The zero-order valence-electron chi connectivity index (χ0n) is 21.2. The average Bonchev–Trinajstić information content (AvgIpc) is 3.20. The Hall–Kier alpha value is -4.41. The smallest absolute Gasteiger partial charge is 0.307 e. The summed E-state index contributed by atoms with van der Waals surface area (Å²) in [5.41, 5.74) is 5.37. The number of ether oxygens (including phenoxy) is 1. The van der Waals surface area contributed by atoms with Crippen LogP contribution in [0, 0.1) is 11.3 Å². The SMILES string of the molecule is CC(C)(C)OC(=O)CCNCc1ccc(N/C(=C2\C(=O)Nc3cc(C#N)ccc32)c2ccccc2)cc1. The lowest BCUT2D eigenvalue weighted by Gasteiger charge is -2.19. The van der Waals surface area contributed by atoms with E-state index < -0.39 is 5.60 Å². The van der Waals surface area contributed by atoms with Crippen LogP contribution in [0.5, 0.6) is 0 Å². The largest absolute Gasteiger partial charge is 0.460 e. The third-order valence-electron chi connectivity index (χ3n) is 5.68. The van der Waals surface area contributed by atoms with Crippen LogP contribution in [0.3, 0.4) is 0 Å². The first kappa shape index (κ1) is 25.7. The molecule has 7 heteroatoms. The summed E-state index contributed by atoms with van der Waals surface area (Å²) in [6.07, 6.45) is 0.310. The number of nitriles is 1. The number of amides is 1. The van der Waals surface area contributed by atoms with Crippen LogP contribution in [0.1, 0.15) is 49.4 Å². The molecular weight excluding hydrogens is 464 g/mol. The van der Waals surface area contributed by atoms with Crippen molar-refractivity contribution < 1.29 is 14.3 Å².